The van der Waals surface area contributed by atoms with Crippen LogP contribution < -0.4 is 4.57 Å². The topological polar surface area (TPSA) is 61.1 Å². The molecule has 8 heteroatoms. The van der Waals surface area contributed by atoms with Gasteiger partial charge in [-0.2, -0.15) is 17.7 Å². The number of hydrogen-bond donors (Lipinski definition) is 0. The van der Waals surface area contributed by atoms with Gasteiger partial charge in [0.25, 0.3) is 0 Å². The van der Waals surface area contributed by atoms with E-state index in [9.17, 15) is 13.2 Å². The molecule has 0 saturated carbocycles. The van der Waals surface area contributed by atoms with E-state index >= 15 is 0 Å². The smallest absolute Gasteiger partial charge is 0.485 e. The van der Waals surface area contributed by atoms with Crippen molar-refractivity contribution in [3.05, 3.63) is 114 Å². The minimum Gasteiger partial charge on any atom is -0.741 e. The van der Waals surface area contributed by atoms with Gasteiger partial charge in [-0.3, -0.25) is 0 Å². The molecule has 1 heterocycles. The highest BCUT2D eigenvalue weighted by Gasteiger charge is 2.37. The Balaban J connectivity index is 0.000000368. The van der Waals surface area contributed by atoms with Crippen LogP contribution in [0.5, 0.6) is 0 Å². The minimum atomic E-state index is -6.09. The molecule has 0 aliphatic heterocycles. The highest BCUT2D eigenvalue weighted by molar-refractivity contribution is 7.86. The molecule has 198 valence electrons. The van der Waals surface area contributed by atoms with E-state index in [1.54, 1.807) is 5.56 Å². The minimum absolute atomic E-state index is 1.02. The normalized spacial score (nSPS) is 13.3. The summed E-state index contributed by atoms with van der Waals surface area (Å²) in [6, 6.07) is 35.2. The van der Waals surface area contributed by atoms with Crippen molar-refractivity contribution < 1.29 is 30.7 Å². The van der Waals surface area contributed by atoms with Crippen LogP contribution >= 0.6 is 0 Å². The first kappa shape index (κ1) is 27.5. The molecule has 3 aromatic carbocycles. The van der Waals surface area contributed by atoms with Gasteiger partial charge >= 0.3 is 5.51 Å². The van der Waals surface area contributed by atoms with Crippen LogP contribution in [0.2, 0.25) is 0 Å². The fourth-order valence-corrected chi connectivity index (χ4v) is 4.79. The molecule has 0 spiro atoms. The number of halogens is 3. The Bertz CT molecular complexity index is 1460. The van der Waals surface area contributed by atoms with Gasteiger partial charge in [0.15, 0.2) is 22.4 Å². The second kappa shape index (κ2) is 11.9. The Morgan fingerprint density at radius 2 is 1.26 bits per heavy atom. The van der Waals surface area contributed by atoms with Crippen molar-refractivity contribution in [3.63, 3.8) is 0 Å². The standard InChI is InChI=1S/C29H28N.CHF3O3S/c1-4-12-23(13-5-1)20-21-30-28-19-11-10-18-26(28)27(24-14-6-2-7-15-24)22-29(30)25-16-8-3-9-17-25;2-1(3,4)8(5,6)7/h1-9,12-17,22H,10-11,18-21H2;(H,5,6,7)/q+1;/p-1. The average Bonchev–Trinajstić information content (AvgIpc) is 2.92. The molecule has 0 bridgehead atoms. The predicted molar refractivity (Wildman–Crippen MR) is 140 cm³/mol. The monoisotopic (exact) mass is 539 g/mol. The van der Waals surface area contributed by atoms with Crippen molar-refractivity contribution in [2.45, 2.75) is 44.2 Å². The van der Waals surface area contributed by atoms with Crippen molar-refractivity contribution >= 4 is 10.1 Å². The number of aromatic nitrogens is 1. The maximum absolute atomic E-state index is 10.7. The molecule has 4 nitrogen and oxygen atoms in total. The maximum atomic E-state index is 10.7. The van der Waals surface area contributed by atoms with E-state index in [-0.39, 0.29) is 0 Å². The quantitative estimate of drug-likeness (QED) is 0.166. The van der Waals surface area contributed by atoms with E-state index in [0.29, 0.717) is 0 Å². The molecule has 0 amide bonds. The van der Waals surface area contributed by atoms with E-state index in [1.165, 1.54) is 59.3 Å². The summed E-state index contributed by atoms with van der Waals surface area (Å²) in [5.41, 5.74) is 4.25. The Hall–Kier alpha value is -3.49. The molecule has 1 aliphatic carbocycles. The zero-order valence-electron chi connectivity index (χ0n) is 20.7. The van der Waals surface area contributed by atoms with Gasteiger partial charge in [-0.15, -0.1) is 0 Å². The highest BCUT2D eigenvalue weighted by Crippen LogP contribution is 2.33. The van der Waals surface area contributed by atoms with Gasteiger partial charge in [0.05, 0.1) is 0 Å². The zero-order valence-corrected chi connectivity index (χ0v) is 21.5. The highest BCUT2D eigenvalue weighted by atomic mass is 32.2. The lowest BCUT2D eigenvalue weighted by Gasteiger charge is -2.21. The number of pyridine rings is 1. The second-order valence-electron chi connectivity index (χ2n) is 9.09. The van der Waals surface area contributed by atoms with Gasteiger partial charge in [-0.25, -0.2) is 8.42 Å². The second-order valence-corrected chi connectivity index (χ2v) is 10.5. The number of hydrogen-bond acceptors (Lipinski definition) is 3. The number of fused-ring (bicyclic) bond motifs is 1. The average molecular weight is 540 g/mol. The largest absolute Gasteiger partial charge is 0.741 e. The van der Waals surface area contributed by atoms with Crippen molar-refractivity contribution in [2.75, 3.05) is 0 Å². The lowest BCUT2D eigenvalue weighted by Crippen LogP contribution is -2.44. The maximum Gasteiger partial charge on any atom is 0.485 e. The van der Waals surface area contributed by atoms with E-state index in [2.05, 4.69) is 102 Å². The van der Waals surface area contributed by atoms with Gasteiger partial charge < -0.3 is 4.55 Å². The lowest BCUT2D eigenvalue weighted by molar-refractivity contribution is -0.693. The van der Waals surface area contributed by atoms with Crippen molar-refractivity contribution in [2.24, 2.45) is 0 Å². The van der Waals surface area contributed by atoms with Gasteiger partial charge in [-0.1, -0.05) is 78.9 Å². The third-order valence-corrected chi connectivity index (χ3v) is 7.13. The van der Waals surface area contributed by atoms with Crippen LogP contribution in [0.25, 0.3) is 22.4 Å². The molecule has 4 aromatic rings. The summed E-state index contributed by atoms with van der Waals surface area (Å²) in [6.45, 7) is 1.02. The van der Waals surface area contributed by atoms with Gasteiger partial charge in [0, 0.05) is 30.0 Å². The first-order valence-electron chi connectivity index (χ1n) is 12.4. The van der Waals surface area contributed by atoms with Crippen molar-refractivity contribution in [1.29, 1.82) is 0 Å². The van der Waals surface area contributed by atoms with Gasteiger partial charge in [0.1, 0.15) is 0 Å². The van der Waals surface area contributed by atoms with Crippen LogP contribution in [0.4, 0.5) is 13.2 Å². The third-order valence-electron chi connectivity index (χ3n) is 6.57. The SMILES string of the molecule is O=S(=O)([O-])C(F)(F)F.c1ccc(CC[n+]2c(-c3ccccc3)cc(-c3ccccc3)c3c2CCCC3)cc1. The molecule has 0 atom stereocenters. The lowest BCUT2D eigenvalue weighted by atomic mass is 9.87. The van der Waals surface area contributed by atoms with Crippen molar-refractivity contribution in [3.8, 4) is 22.4 Å². The molecular weight excluding hydrogens is 511 g/mol. The van der Waals surface area contributed by atoms with E-state index in [4.69, 9.17) is 13.0 Å². The fourth-order valence-electron chi connectivity index (χ4n) is 4.79. The van der Waals surface area contributed by atoms with E-state index < -0.39 is 15.6 Å². The summed E-state index contributed by atoms with van der Waals surface area (Å²) < 4.78 is 61.5. The molecule has 0 radical (unpaired) electrons. The molecule has 1 aromatic heterocycles. The van der Waals surface area contributed by atoms with Crippen LogP contribution in [0.15, 0.2) is 97.1 Å². The van der Waals surface area contributed by atoms with E-state index in [0.717, 1.165) is 13.0 Å². The predicted octanol–water partition coefficient (Wildman–Crippen LogP) is 6.48. The number of aryl methyl sites for hydroxylation is 1. The Morgan fingerprint density at radius 1 is 0.763 bits per heavy atom. The third kappa shape index (κ3) is 6.68. The number of alkyl halides is 3. The van der Waals surface area contributed by atoms with Crippen molar-refractivity contribution in [1.82, 2.24) is 0 Å². The zero-order chi connectivity index (χ0) is 27.2. The van der Waals surface area contributed by atoms with Crippen LogP contribution in [-0.2, 0) is 35.9 Å². The molecule has 0 fully saturated rings. The Labute approximate surface area is 221 Å². The molecule has 38 heavy (non-hydrogen) atoms. The summed E-state index contributed by atoms with van der Waals surface area (Å²) in [4.78, 5) is 0. The Kier molecular flexibility index (Phi) is 8.64. The van der Waals surface area contributed by atoms with Gasteiger partial charge in [0.2, 0.25) is 5.69 Å². The summed E-state index contributed by atoms with van der Waals surface area (Å²) in [7, 11) is -6.09. The van der Waals surface area contributed by atoms with Gasteiger partial charge in [-0.05, 0) is 48.1 Å². The summed E-state index contributed by atoms with van der Waals surface area (Å²) in [5.74, 6) is 0. The fraction of sp³-hybridized carbons (Fsp3) is 0.233. The van der Waals surface area contributed by atoms with E-state index in [1.807, 2.05) is 0 Å². The van der Waals surface area contributed by atoms with Crippen LogP contribution in [0, 0.1) is 0 Å². The number of nitrogens with zero attached hydrogens (tertiary/aromatic N) is 1. The molecule has 1 aliphatic rings. The molecule has 5 rings (SSSR count). The summed E-state index contributed by atoms with van der Waals surface area (Å²) in [5, 5.41) is 0. The number of benzene rings is 3. The number of rotatable bonds is 5. The Morgan fingerprint density at radius 3 is 1.82 bits per heavy atom. The molecule has 0 unspecified atom stereocenters. The molecule has 0 saturated heterocycles. The van der Waals surface area contributed by atoms with Crippen LogP contribution in [0.3, 0.4) is 0 Å². The first-order valence-corrected chi connectivity index (χ1v) is 13.8. The summed E-state index contributed by atoms with van der Waals surface area (Å²) in [6.07, 6.45) is 5.98. The van der Waals surface area contributed by atoms with Crippen LogP contribution in [0.1, 0.15) is 29.7 Å². The van der Waals surface area contributed by atoms with Crippen LogP contribution in [-0.4, -0.2) is 18.5 Å². The molecule has 0 N–H and O–H groups in total. The summed E-state index contributed by atoms with van der Waals surface area (Å²) >= 11 is 0. The first-order chi connectivity index (χ1) is 18.1. The molecular formula is C30H28F3NO3S.